The summed E-state index contributed by atoms with van der Waals surface area (Å²) in [6, 6.07) is 9.79. The van der Waals surface area contributed by atoms with Crippen LogP contribution < -0.4 is 15.5 Å². The minimum atomic E-state index is -0.123. The maximum atomic E-state index is 12.3. The molecule has 0 radical (unpaired) electrons. The van der Waals surface area contributed by atoms with E-state index < -0.39 is 0 Å². The Balaban J connectivity index is 1.46. The van der Waals surface area contributed by atoms with Crippen LogP contribution in [0.15, 0.2) is 47.2 Å². The van der Waals surface area contributed by atoms with Crippen molar-refractivity contribution in [1.29, 1.82) is 0 Å². The van der Waals surface area contributed by atoms with Crippen LogP contribution in [0, 0.1) is 0 Å². The lowest BCUT2D eigenvalue weighted by Gasteiger charge is -2.32. The van der Waals surface area contributed by atoms with Crippen molar-refractivity contribution >= 4 is 27.9 Å². The summed E-state index contributed by atoms with van der Waals surface area (Å²) >= 11 is 3.46. The number of nitrogens with one attached hydrogen (secondary N) is 2. The number of amides is 2. The standard InChI is InChI=1S/C18H22BrN5O/c1-13(14-4-2-5-15(19)12-14)22-18(25)23-16-6-10-24(11-7-16)17-20-8-3-9-21-17/h2-5,8-9,12-13,16H,6-7,10-11H2,1H3,(H2,22,23,25). The third-order valence-corrected chi connectivity index (χ3v) is 4.85. The fourth-order valence-corrected chi connectivity index (χ4v) is 3.38. The monoisotopic (exact) mass is 403 g/mol. The first-order chi connectivity index (χ1) is 12.1. The summed E-state index contributed by atoms with van der Waals surface area (Å²) in [7, 11) is 0. The molecule has 1 aliphatic rings. The van der Waals surface area contributed by atoms with Crippen LogP contribution in [0.4, 0.5) is 10.7 Å². The average molecular weight is 404 g/mol. The van der Waals surface area contributed by atoms with E-state index in [1.165, 1.54) is 0 Å². The molecule has 2 N–H and O–H groups in total. The zero-order valence-electron chi connectivity index (χ0n) is 14.2. The molecule has 1 unspecified atom stereocenters. The number of hydrogen-bond acceptors (Lipinski definition) is 4. The van der Waals surface area contributed by atoms with Crippen molar-refractivity contribution in [3.63, 3.8) is 0 Å². The molecule has 7 heteroatoms. The summed E-state index contributed by atoms with van der Waals surface area (Å²) < 4.78 is 1.01. The molecule has 1 fully saturated rings. The van der Waals surface area contributed by atoms with Gasteiger partial charge in [0, 0.05) is 36.0 Å². The summed E-state index contributed by atoms with van der Waals surface area (Å²) in [5.74, 6) is 0.758. The van der Waals surface area contributed by atoms with Gasteiger partial charge in [-0.2, -0.15) is 0 Å². The largest absolute Gasteiger partial charge is 0.341 e. The topological polar surface area (TPSA) is 70.2 Å². The van der Waals surface area contributed by atoms with Gasteiger partial charge in [0.25, 0.3) is 0 Å². The molecular weight excluding hydrogens is 382 g/mol. The minimum absolute atomic E-state index is 0.0460. The minimum Gasteiger partial charge on any atom is -0.341 e. The second-order valence-corrected chi connectivity index (χ2v) is 7.12. The summed E-state index contributed by atoms with van der Waals surface area (Å²) in [6.07, 6.45) is 5.28. The van der Waals surface area contributed by atoms with Gasteiger partial charge in [-0.05, 0) is 43.5 Å². The Hall–Kier alpha value is -2.15. The number of anilines is 1. The third kappa shape index (κ3) is 4.92. The lowest BCUT2D eigenvalue weighted by Crippen LogP contribution is -2.48. The van der Waals surface area contributed by atoms with Crippen molar-refractivity contribution in [1.82, 2.24) is 20.6 Å². The number of rotatable bonds is 4. The smallest absolute Gasteiger partial charge is 0.315 e. The van der Waals surface area contributed by atoms with E-state index in [4.69, 9.17) is 0 Å². The predicted molar refractivity (Wildman–Crippen MR) is 101 cm³/mol. The van der Waals surface area contributed by atoms with Gasteiger partial charge in [0.1, 0.15) is 0 Å². The molecule has 25 heavy (non-hydrogen) atoms. The van der Waals surface area contributed by atoms with Crippen LogP contribution in [0.5, 0.6) is 0 Å². The van der Waals surface area contributed by atoms with Gasteiger partial charge in [-0.25, -0.2) is 14.8 Å². The highest BCUT2D eigenvalue weighted by Gasteiger charge is 2.22. The lowest BCUT2D eigenvalue weighted by atomic mass is 10.1. The Morgan fingerprint density at radius 3 is 2.64 bits per heavy atom. The fourth-order valence-electron chi connectivity index (χ4n) is 2.96. The number of carbonyl (C=O) groups excluding carboxylic acids is 1. The van der Waals surface area contributed by atoms with Crippen molar-refractivity contribution in [2.45, 2.75) is 31.8 Å². The number of carbonyl (C=O) groups is 1. The molecule has 2 amide bonds. The number of halogens is 1. The molecule has 0 aliphatic carbocycles. The summed E-state index contributed by atoms with van der Waals surface area (Å²) in [5.41, 5.74) is 1.07. The Morgan fingerprint density at radius 1 is 1.24 bits per heavy atom. The van der Waals surface area contributed by atoms with Gasteiger partial charge in [-0.1, -0.05) is 28.1 Å². The van der Waals surface area contributed by atoms with Crippen molar-refractivity contribution in [3.05, 3.63) is 52.8 Å². The van der Waals surface area contributed by atoms with Crippen molar-refractivity contribution < 1.29 is 4.79 Å². The highest BCUT2D eigenvalue weighted by atomic mass is 79.9. The molecule has 3 rings (SSSR count). The van der Waals surface area contributed by atoms with E-state index >= 15 is 0 Å². The number of nitrogens with zero attached hydrogens (tertiary/aromatic N) is 3. The molecule has 0 saturated carbocycles. The predicted octanol–water partition coefficient (Wildman–Crippen LogP) is 3.27. The molecule has 2 heterocycles. The van der Waals surface area contributed by atoms with E-state index in [2.05, 4.69) is 41.4 Å². The first kappa shape index (κ1) is 17.7. The van der Waals surface area contributed by atoms with E-state index in [1.54, 1.807) is 12.4 Å². The van der Waals surface area contributed by atoms with Crippen LogP contribution in [0.1, 0.15) is 31.4 Å². The normalized spacial score (nSPS) is 16.3. The van der Waals surface area contributed by atoms with E-state index in [1.807, 2.05) is 37.3 Å². The number of urea groups is 1. The lowest BCUT2D eigenvalue weighted by molar-refractivity contribution is 0.231. The second-order valence-electron chi connectivity index (χ2n) is 6.20. The quantitative estimate of drug-likeness (QED) is 0.821. The number of aromatic nitrogens is 2. The first-order valence-corrected chi connectivity index (χ1v) is 9.25. The second kappa shape index (κ2) is 8.29. The van der Waals surface area contributed by atoms with Gasteiger partial charge in [0.15, 0.2) is 0 Å². The maximum Gasteiger partial charge on any atom is 0.315 e. The van der Waals surface area contributed by atoms with E-state index in [0.29, 0.717) is 0 Å². The molecule has 0 bridgehead atoms. The van der Waals surface area contributed by atoms with Crippen LogP contribution in [0.3, 0.4) is 0 Å². The zero-order valence-corrected chi connectivity index (χ0v) is 15.7. The van der Waals surface area contributed by atoms with Gasteiger partial charge >= 0.3 is 6.03 Å². The van der Waals surface area contributed by atoms with Crippen molar-refractivity contribution in [2.24, 2.45) is 0 Å². The maximum absolute atomic E-state index is 12.3. The van der Waals surface area contributed by atoms with Gasteiger partial charge < -0.3 is 15.5 Å². The molecular formula is C18H22BrN5O. The van der Waals surface area contributed by atoms with Crippen LogP contribution >= 0.6 is 15.9 Å². The van der Waals surface area contributed by atoms with E-state index in [-0.39, 0.29) is 18.1 Å². The molecule has 1 aromatic carbocycles. The molecule has 1 saturated heterocycles. The van der Waals surface area contributed by atoms with Crippen LogP contribution in [0.25, 0.3) is 0 Å². The molecule has 0 spiro atoms. The molecule has 1 aliphatic heterocycles. The van der Waals surface area contributed by atoms with Crippen molar-refractivity contribution in [2.75, 3.05) is 18.0 Å². The molecule has 6 nitrogen and oxygen atoms in total. The average Bonchev–Trinajstić information content (AvgIpc) is 2.63. The van der Waals surface area contributed by atoms with Gasteiger partial charge in [-0.15, -0.1) is 0 Å². The van der Waals surface area contributed by atoms with Crippen LogP contribution in [-0.4, -0.2) is 35.1 Å². The SMILES string of the molecule is CC(NC(=O)NC1CCN(c2ncccn2)CC1)c1cccc(Br)c1. The highest BCUT2D eigenvalue weighted by molar-refractivity contribution is 9.10. The molecule has 1 atom stereocenters. The van der Waals surface area contributed by atoms with E-state index in [0.717, 1.165) is 41.9 Å². The Bertz CT molecular complexity index is 704. The number of benzene rings is 1. The summed E-state index contributed by atoms with van der Waals surface area (Å²) in [6.45, 7) is 3.67. The number of hydrogen-bond donors (Lipinski definition) is 2. The van der Waals surface area contributed by atoms with E-state index in [9.17, 15) is 4.79 Å². The highest BCUT2D eigenvalue weighted by Crippen LogP contribution is 2.18. The van der Waals surface area contributed by atoms with Crippen LogP contribution in [-0.2, 0) is 0 Å². The van der Waals surface area contributed by atoms with Gasteiger partial charge in [0.05, 0.1) is 6.04 Å². The summed E-state index contributed by atoms with van der Waals surface area (Å²) in [5, 5.41) is 6.08. The van der Waals surface area contributed by atoms with Crippen LogP contribution in [0.2, 0.25) is 0 Å². The molecule has 2 aromatic rings. The van der Waals surface area contributed by atoms with Gasteiger partial charge in [-0.3, -0.25) is 0 Å². The number of piperidine rings is 1. The summed E-state index contributed by atoms with van der Waals surface area (Å²) in [4.78, 5) is 23.0. The first-order valence-electron chi connectivity index (χ1n) is 8.46. The molecule has 1 aromatic heterocycles. The Labute approximate surface area is 156 Å². The third-order valence-electron chi connectivity index (χ3n) is 4.36. The Kier molecular flexibility index (Phi) is 5.86. The van der Waals surface area contributed by atoms with Gasteiger partial charge in [0.2, 0.25) is 5.95 Å². The van der Waals surface area contributed by atoms with Crippen molar-refractivity contribution in [3.8, 4) is 0 Å². The Morgan fingerprint density at radius 2 is 1.96 bits per heavy atom. The zero-order chi connectivity index (χ0) is 17.6. The molecule has 132 valence electrons. The fraction of sp³-hybridized carbons (Fsp3) is 0.389.